The Balaban J connectivity index is 1.61. The summed E-state index contributed by atoms with van der Waals surface area (Å²) in [6.45, 7) is 5.96. The van der Waals surface area contributed by atoms with Gasteiger partial charge in [0.1, 0.15) is 5.75 Å². The van der Waals surface area contributed by atoms with Gasteiger partial charge in [0.05, 0.1) is 17.5 Å². The Bertz CT molecular complexity index is 1180. The van der Waals surface area contributed by atoms with E-state index < -0.39 is 0 Å². The first-order valence-corrected chi connectivity index (χ1v) is 12.7. The summed E-state index contributed by atoms with van der Waals surface area (Å²) in [5.41, 5.74) is 2.91. The van der Waals surface area contributed by atoms with Gasteiger partial charge in [-0.15, -0.1) is 11.8 Å². The molecule has 0 spiro atoms. The van der Waals surface area contributed by atoms with Crippen LogP contribution in [0, 0.1) is 0 Å². The standard InChI is InChI=1S/C27H29N3O3S2/c1-4-25(26(32)30-23-11-6-7-12-24(23)33-5-2)35-22-10-8-9-21(17-22)29-27(34)28-20-15-13-19(14-16-20)18(3)31/h6-17,25H,4-5H2,1-3H3,(H,30,32)(H2,28,29,34). The fraction of sp³-hybridized carbons (Fsp3) is 0.222. The number of rotatable bonds is 10. The van der Waals surface area contributed by atoms with Gasteiger partial charge in [-0.2, -0.15) is 0 Å². The first kappa shape index (κ1) is 26.2. The van der Waals surface area contributed by atoms with Crippen LogP contribution < -0.4 is 20.7 Å². The van der Waals surface area contributed by atoms with Crippen LogP contribution in [0.2, 0.25) is 0 Å². The van der Waals surface area contributed by atoms with Gasteiger partial charge in [0.25, 0.3) is 0 Å². The maximum Gasteiger partial charge on any atom is 0.237 e. The number of para-hydroxylation sites is 2. The van der Waals surface area contributed by atoms with E-state index in [1.807, 2.05) is 74.5 Å². The largest absolute Gasteiger partial charge is 0.492 e. The molecule has 0 bridgehead atoms. The lowest BCUT2D eigenvalue weighted by Gasteiger charge is -2.17. The number of anilines is 3. The van der Waals surface area contributed by atoms with E-state index in [9.17, 15) is 9.59 Å². The van der Waals surface area contributed by atoms with Crippen molar-refractivity contribution in [3.8, 4) is 5.75 Å². The van der Waals surface area contributed by atoms with Crippen LogP contribution in [-0.2, 0) is 4.79 Å². The molecule has 3 N–H and O–H groups in total. The Labute approximate surface area is 215 Å². The molecular formula is C27H29N3O3S2. The molecule has 6 nitrogen and oxygen atoms in total. The van der Waals surface area contributed by atoms with Crippen LogP contribution in [0.4, 0.5) is 17.1 Å². The van der Waals surface area contributed by atoms with Crippen LogP contribution >= 0.6 is 24.0 Å². The van der Waals surface area contributed by atoms with Gasteiger partial charge in [-0.25, -0.2) is 0 Å². The van der Waals surface area contributed by atoms with E-state index in [0.29, 0.717) is 35.1 Å². The van der Waals surface area contributed by atoms with Gasteiger partial charge in [0, 0.05) is 21.8 Å². The molecule has 0 aliphatic carbocycles. The van der Waals surface area contributed by atoms with Crippen molar-refractivity contribution in [1.82, 2.24) is 0 Å². The summed E-state index contributed by atoms with van der Waals surface area (Å²) in [6, 6.07) is 22.3. The lowest BCUT2D eigenvalue weighted by atomic mass is 10.1. The second kappa shape index (κ2) is 12.9. The van der Waals surface area contributed by atoms with E-state index in [4.69, 9.17) is 17.0 Å². The number of benzene rings is 3. The van der Waals surface area contributed by atoms with Crippen molar-refractivity contribution in [3.63, 3.8) is 0 Å². The number of amides is 1. The van der Waals surface area contributed by atoms with Crippen molar-refractivity contribution in [2.75, 3.05) is 22.6 Å². The molecule has 0 aliphatic heterocycles. The number of carbonyl (C=O) groups is 2. The number of Topliss-reactive ketones (excluding diaryl/α,β-unsaturated/α-hetero) is 1. The normalized spacial score (nSPS) is 11.3. The molecule has 0 saturated carbocycles. The molecule has 3 aromatic rings. The summed E-state index contributed by atoms with van der Waals surface area (Å²) in [4.78, 5) is 25.4. The van der Waals surface area contributed by atoms with E-state index in [1.165, 1.54) is 18.7 Å². The third-order valence-corrected chi connectivity index (χ3v) is 6.59. The number of thioether (sulfide) groups is 1. The molecule has 1 atom stereocenters. The zero-order chi connectivity index (χ0) is 25.2. The Hall–Kier alpha value is -3.36. The minimum atomic E-state index is -0.273. The Morgan fingerprint density at radius 3 is 2.31 bits per heavy atom. The molecule has 1 amide bonds. The third kappa shape index (κ3) is 7.83. The van der Waals surface area contributed by atoms with Crippen molar-refractivity contribution in [3.05, 3.63) is 78.4 Å². The second-order valence-corrected chi connectivity index (χ2v) is 9.36. The fourth-order valence-electron chi connectivity index (χ4n) is 3.28. The summed E-state index contributed by atoms with van der Waals surface area (Å²) < 4.78 is 5.62. The zero-order valence-corrected chi connectivity index (χ0v) is 21.6. The summed E-state index contributed by atoms with van der Waals surface area (Å²) >= 11 is 6.93. The number of carbonyl (C=O) groups excluding carboxylic acids is 2. The molecule has 0 heterocycles. The van der Waals surface area contributed by atoms with E-state index in [-0.39, 0.29) is 16.9 Å². The molecule has 0 aromatic heterocycles. The van der Waals surface area contributed by atoms with Gasteiger partial charge < -0.3 is 20.7 Å². The van der Waals surface area contributed by atoms with Crippen molar-refractivity contribution >= 4 is 57.8 Å². The van der Waals surface area contributed by atoms with Gasteiger partial charge in [-0.1, -0.05) is 25.1 Å². The second-order valence-electron chi connectivity index (χ2n) is 7.67. The van der Waals surface area contributed by atoms with E-state index in [1.54, 1.807) is 12.1 Å². The Morgan fingerprint density at radius 2 is 1.63 bits per heavy atom. The zero-order valence-electron chi connectivity index (χ0n) is 20.0. The minimum Gasteiger partial charge on any atom is -0.492 e. The Kier molecular flexibility index (Phi) is 9.69. The third-order valence-electron chi connectivity index (χ3n) is 5.03. The number of hydrogen-bond donors (Lipinski definition) is 3. The minimum absolute atomic E-state index is 0.0177. The number of thiocarbonyl (C=S) groups is 1. The SMILES string of the molecule is CCOc1ccccc1NC(=O)C(CC)Sc1cccc(NC(=S)Nc2ccc(C(C)=O)cc2)c1. The average molecular weight is 508 g/mol. The number of ketones is 1. The summed E-state index contributed by atoms with van der Waals surface area (Å²) in [5.74, 6) is 0.602. The molecule has 35 heavy (non-hydrogen) atoms. The highest BCUT2D eigenvalue weighted by molar-refractivity contribution is 8.00. The quantitative estimate of drug-likeness (QED) is 0.162. The summed E-state index contributed by atoms with van der Waals surface area (Å²) in [6.07, 6.45) is 0.668. The fourth-order valence-corrected chi connectivity index (χ4v) is 4.53. The smallest absolute Gasteiger partial charge is 0.237 e. The highest BCUT2D eigenvalue weighted by Crippen LogP contribution is 2.30. The molecule has 8 heteroatoms. The molecule has 0 aliphatic rings. The number of hydrogen-bond acceptors (Lipinski definition) is 5. The predicted molar refractivity (Wildman–Crippen MR) is 149 cm³/mol. The monoisotopic (exact) mass is 507 g/mol. The van der Waals surface area contributed by atoms with Crippen molar-refractivity contribution < 1.29 is 14.3 Å². The van der Waals surface area contributed by atoms with E-state index in [0.717, 1.165) is 16.3 Å². The lowest BCUT2D eigenvalue weighted by molar-refractivity contribution is -0.115. The maximum absolute atomic E-state index is 13.0. The first-order chi connectivity index (χ1) is 16.9. The van der Waals surface area contributed by atoms with Crippen LogP contribution in [-0.4, -0.2) is 28.7 Å². The van der Waals surface area contributed by atoms with Gasteiger partial charge in [0.15, 0.2) is 10.9 Å². The van der Waals surface area contributed by atoms with Crippen molar-refractivity contribution in [2.45, 2.75) is 37.3 Å². The highest BCUT2D eigenvalue weighted by Gasteiger charge is 2.19. The Morgan fingerprint density at radius 1 is 0.914 bits per heavy atom. The molecule has 3 rings (SSSR count). The van der Waals surface area contributed by atoms with Crippen molar-refractivity contribution in [2.24, 2.45) is 0 Å². The van der Waals surface area contributed by atoms with Crippen LogP contribution in [0.1, 0.15) is 37.6 Å². The molecule has 0 fully saturated rings. The molecule has 1 unspecified atom stereocenters. The molecule has 182 valence electrons. The van der Waals surface area contributed by atoms with Crippen LogP contribution in [0.15, 0.2) is 77.7 Å². The average Bonchev–Trinajstić information content (AvgIpc) is 2.84. The van der Waals surface area contributed by atoms with Crippen LogP contribution in [0.25, 0.3) is 0 Å². The topological polar surface area (TPSA) is 79.5 Å². The number of ether oxygens (including phenoxy) is 1. The van der Waals surface area contributed by atoms with E-state index >= 15 is 0 Å². The van der Waals surface area contributed by atoms with E-state index in [2.05, 4.69) is 16.0 Å². The first-order valence-electron chi connectivity index (χ1n) is 11.4. The van der Waals surface area contributed by atoms with Crippen LogP contribution in [0.3, 0.4) is 0 Å². The summed E-state index contributed by atoms with van der Waals surface area (Å²) in [5, 5.41) is 9.44. The maximum atomic E-state index is 13.0. The number of nitrogens with one attached hydrogen (secondary N) is 3. The molecule has 3 aromatic carbocycles. The van der Waals surface area contributed by atoms with Gasteiger partial charge >= 0.3 is 0 Å². The van der Waals surface area contributed by atoms with Crippen molar-refractivity contribution in [1.29, 1.82) is 0 Å². The molecule has 0 radical (unpaired) electrons. The highest BCUT2D eigenvalue weighted by atomic mass is 32.2. The van der Waals surface area contributed by atoms with Gasteiger partial charge in [-0.3, -0.25) is 9.59 Å². The van der Waals surface area contributed by atoms with Gasteiger partial charge in [0.2, 0.25) is 5.91 Å². The lowest BCUT2D eigenvalue weighted by Crippen LogP contribution is -2.25. The molecule has 0 saturated heterocycles. The molecular weight excluding hydrogens is 478 g/mol. The van der Waals surface area contributed by atoms with Crippen LogP contribution in [0.5, 0.6) is 5.75 Å². The summed E-state index contributed by atoms with van der Waals surface area (Å²) in [7, 11) is 0. The van der Waals surface area contributed by atoms with Gasteiger partial charge in [-0.05, 0) is 87.1 Å². The predicted octanol–water partition coefficient (Wildman–Crippen LogP) is 6.61.